The first kappa shape index (κ1) is 16.5. The van der Waals surface area contributed by atoms with E-state index in [0.29, 0.717) is 17.6 Å². The lowest BCUT2D eigenvalue weighted by Crippen LogP contribution is -2.23. The largest absolute Gasteiger partial charge is 0.460 e. The lowest BCUT2D eigenvalue weighted by Gasteiger charge is -2.10. The average molecular weight is 332 g/mol. The summed E-state index contributed by atoms with van der Waals surface area (Å²) in [4.78, 5) is 24.2. The van der Waals surface area contributed by atoms with Gasteiger partial charge in [-0.2, -0.15) is 0 Å². The van der Waals surface area contributed by atoms with Gasteiger partial charge in [0.05, 0.1) is 12.7 Å². The number of rotatable bonds is 5. The van der Waals surface area contributed by atoms with Crippen LogP contribution in [-0.2, 0) is 25.6 Å². The van der Waals surface area contributed by atoms with Gasteiger partial charge in [-0.15, -0.1) is 0 Å². The second-order valence-electron chi connectivity index (χ2n) is 6.14. The summed E-state index contributed by atoms with van der Waals surface area (Å²) in [5.41, 5.74) is 1.21. The predicted octanol–water partition coefficient (Wildman–Crippen LogP) is 3.22. The quantitative estimate of drug-likeness (QED) is 0.783. The van der Waals surface area contributed by atoms with Crippen molar-refractivity contribution in [3.05, 3.63) is 35.6 Å². The summed E-state index contributed by atoms with van der Waals surface area (Å²) in [6, 6.07) is 7.32. The van der Waals surface area contributed by atoms with Gasteiger partial charge in [0, 0.05) is 17.4 Å². The van der Waals surface area contributed by atoms with Gasteiger partial charge in [-0.1, -0.05) is 18.2 Å². The van der Waals surface area contributed by atoms with E-state index >= 15 is 0 Å². The van der Waals surface area contributed by atoms with Crippen LogP contribution in [0, 0.1) is 0 Å². The van der Waals surface area contributed by atoms with Crippen LogP contribution in [0.5, 0.6) is 0 Å². The minimum Gasteiger partial charge on any atom is -0.460 e. The van der Waals surface area contributed by atoms with Crippen molar-refractivity contribution in [1.29, 1.82) is 0 Å². The molecule has 6 nitrogen and oxygen atoms in total. The number of furan rings is 1. The highest BCUT2D eigenvalue weighted by atomic mass is 16.6. The topological polar surface area (TPSA) is 75.0 Å². The molecule has 1 aromatic heterocycles. The Morgan fingerprint density at radius 1 is 1.33 bits per heavy atom. The summed E-state index contributed by atoms with van der Waals surface area (Å²) < 4.78 is 21.6. The fourth-order valence-corrected chi connectivity index (χ4v) is 2.66. The Labute approximate surface area is 139 Å². The van der Waals surface area contributed by atoms with E-state index in [4.69, 9.17) is 18.6 Å². The molecule has 128 valence electrons. The lowest BCUT2D eigenvalue weighted by molar-refractivity contribution is -0.147. The summed E-state index contributed by atoms with van der Waals surface area (Å²) in [5.74, 6) is -1.12. The van der Waals surface area contributed by atoms with E-state index in [1.165, 1.54) is 0 Å². The standard InChI is InChI=1S/C18H20O6/c1-10(2)21-9-13-12-6-4-5-7-14(12)23-16(13)18(20)24-15-8-11(3)22-17(15)19/h4-7,10-11,15H,8-9H2,1-3H3/t11-,15-/m1/s1. The molecule has 1 aromatic carbocycles. The number of para-hydroxylation sites is 1. The highest BCUT2D eigenvalue weighted by molar-refractivity contribution is 5.97. The second-order valence-corrected chi connectivity index (χ2v) is 6.14. The first-order chi connectivity index (χ1) is 11.5. The van der Waals surface area contributed by atoms with Crippen molar-refractivity contribution in [2.45, 2.75) is 52.1 Å². The summed E-state index contributed by atoms with van der Waals surface area (Å²) >= 11 is 0. The van der Waals surface area contributed by atoms with Crippen LogP contribution in [-0.4, -0.2) is 30.3 Å². The highest BCUT2D eigenvalue weighted by Gasteiger charge is 2.36. The third-order valence-corrected chi connectivity index (χ3v) is 3.82. The smallest absolute Gasteiger partial charge is 0.375 e. The normalized spacial score (nSPS) is 20.6. The number of hydrogen-bond acceptors (Lipinski definition) is 6. The molecule has 1 fully saturated rings. The van der Waals surface area contributed by atoms with E-state index in [9.17, 15) is 9.59 Å². The van der Waals surface area contributed by atoms with E-state index in [1.54, 1.807) is 13.0 Å². The molecule has 0 bridgehead atoms. The maximum Gasteiger partial charge on any atom is 0.375 e. The zero-order valence-corrected chi connectivity index (χ0v) is 13.9. The van der Waals surface area contributed by atoms with Crippen LogP contribution < -0.4 is 0 Å². The molecular weight excluding hydrogens is 312 g/mol. The van der Waals surface area contributed by atoms with Crippen molar-refractivity contribution in [2.75, 3.05) is 0 Å². The molecule has 0 saturated carbocycles. The van der Waals surface area contributed by atoms with Gasteiger partial charge < -0.3 is 18.6 Å². The number of ether oxygens (including phenoxy) is 3. The zero-order chi connectivity index (χ0) is 17.3. The first-order valence-electron chi connectivity index (χ1n) is 7.99. The molecule has 0 aliphatic carbocycles. The summed E-state index contributed by atoms with van der Waals surface area (Å²) in [6.45, 7) is 5.81. The van der Waals surface area contributed by atoms with Crippen molar-refractivity contribution in [1.82, 2.24) is 0 Å². The van der Waals surface area contributed by atoms with Gasteiger partial charge in [0.25, 0.3) is 0 Å². The number of carbonyl (C=O) groups is 2. The number of cyclic esters (lactones) is 1. The summed E-state index contributed by atoms with van der Waals surface area (Å²) in [6.07, 6.45) is -0.787. The van der Waals surface area contributed by atoms with Crippen LogP contribution in [0.25, 0.3) is 11.0 Å². The van der Waals surface area contributed by atoms with Gasteiger partial charge in [0.1, 0.15) is 11.7 Å². The molecule has 0 unspecified atom stereocenters. The summed E-state index contributed by atoms with van der Waals surface area (Å²) in [7, 11) is 0. The van der Waals surface area contributed by atoms with Crippen LogP contribution in [0.1, 0.15) is 43.3 Å². The Balaban J connectivity index is 1.88. The minimum absolute atomic E-state index is 0.00759. The molecular formula is C18H20O6. The maximum atomic E-state index is 12.5. The molecule has 0 radical (unpaired) electrons. The Morgan fingerprint density at radius 2 is 2.08 bits per heavy atom. The van der Waals surface area contributed by atoms with E-state index in [0.717, 1.165) is 5.39 Å². The zero-order valence-electron chi connectivity index (χ0n) is 13.9. The van der Waals surface area contributed by atoms with Crippen molar-refractivity contribution in [3.63, 3.8) is 0 Å². The molecule has 0 spiro atoms. The van der Waals surface area contributed by atoms with Gasteiger partial charge in [-0.3, -0.25) is 0 Å². The third-order valence-electron chi connectivity index (χ3n) is 3.82. The van der Waals surface area contributed by atoms with Crippen molar-refractivity contribution in [2.24, 2.45) is 0 Å². The summed E-state index contributed by atoms with van der Waals surface area (Å²) in [5, 5.41) is 0.799. The molecule has 2 aromatic rings. The van der Waals surface area contributed by atoms with E-state index < -0.39 is 18.0 Å². The molecule has 24 heavy (non-hydrogen) atoms. The molecule has 1 aliphatic rings. The van der Waals surface area contributed by atoms with Crippen LogP contribution in [0.2, 0.25) is 0 Å². The predicted molar refractivity (Wildman–Crippen MR) is 85.5 cm³/mol. The fraction of sp³-hybridized carbons (Fsp3) is 0.444. The molecule has 1 aliphatic heterocycles. The van der Waals surface area contributed by atoms with Gasteiger partial charge in [0.15, 0.2) is 0 Å². The third kappa shape index (κ3) is 3.28. The van der Waals surface area contributed by atoms with Gasteiger partial charge >= 0.3 is 11.9 Å². The number of hydrogen-bond donors (Lipinski definition) is 0. The SMILES string of the molecule is CC(C)OCc1c(C(=O)O[C@@H]2C[C@@H](C)OC2=O)oc2ccccc12. The van der Waals surface area contributed by atoms with E-state index in [1.807, 2.05) is 32.0 Å². The molecule has 1 saturated heterocycles. The Hall–Kier alpha value is -2.34. The molecule has 0 N–H and O–H groups in total. The van der Waals surface area contributed by atoms with Crippen LogP contribution in [0.4, 0.5) is 0 Å². The average Bonchev–Trinajstić information content (AvgIpc) is 3.05. The van der Waals surface area contributed by atoms with Gasteiger partial charge in [-0.05, 0) is 26.8 Å². The lowest BCUT2D eigenvalue weighted by atomic mass is 10.1. The second kappa shape index (κ2) is 6.65. The Bertz CT molecular complexity index is 760. The molecule has 6 heteroatoms. The first-order valence-corrected chi connectivity index (χ1v) is 7.99. The molecule has 2 heterocycles. The maximum absolute atomic E-state index is 12.5. The number of carbonyl (C=O) groups excluding carboxylic acids is 2. The Morgan fingerprint density at radius 3 is 2.75 bits per heavy atom. The number of benzene rings is 1. The van der Waals surface area contributed by atoms with E-state index in [2.05, 4.69) is 0 Å². The van der Waals surface area contributed by atoms with Crippen LogP contribution in [0.15, 0.2) is 28.7 Å². The monoisotopic (exact) mass is 332 g/mol. The van der Waals surface area contributed by atoms with Crippen molar-refractivity contribution in [3.8, 4) is 0 Å². The van der Waals surface area contributed by atoms with Crippen LogP contribution in [0.3, 0.4) is 0 Å². The van der Waals surface area contributed by atoms with Crippen molar-refractivity contribution >= 4 is 22.9 Å². The number of fused-ring (bicyclic) bond motifs is 1. The molecule has 2 atom stereocenters. The van der Waals surface area contributed by atoms with Gasteiger partial charge in [0.2, 0.25) is 11.9 Å². The fourth-order valence-electron chi connectivity index (χ4n) is 2.66. The molecule has 3 rings (SSSR count). The number of esters is 2. The van der Waals surface area contributed by atoms with Crippen LogP contribution >= 0.6 is 0 Å². The Kier molecular flexibility index (Phi) is 4.57. The van der Waals surface area contributed by atoms with E-state index in [-0.39, 0.29) is 24.6 Å². The minimum atomic E-state index is -0.889. The van der Waals surface area contributed by atoms with Gasteiger partial charge in [-0.25, -0.2) is 9.59 Å². The van der Waals surface area contributed by atoms with Crippen molar-refractivity contribution < 1.29 is 28.2 Å². The molecule has 0 amide bonds. The highest BCUT2D eigenvalue weighted by Crippen LogP contribution is 2.29.